The Morgan fingerprint density at radius 1 is 1.14 bits per heavy atom. The molecule has 9 heteroatoms. The van der Waals surface area contributed by atoms with Gasteiger partial charge >= 0.3 is 0 Å². The number of carbonyl (C=O) groups is 1. The minimum absolute atomic E-state index is 0.0299. The molecule has 0 bridgehead atoms. The second-order valence-corrected chi connectivity index (χ2v) is 6.11. The van der Waals surface area contributed by atoms with Crippen molar-refractivity contribution < 1.29 is 23.6 Å². The summed E-state index contributed by atoms with van der Waals surface area (Å²) < 4.78 is 16.7. The highest BCUT2D eigenvalue weighted by Gasteiger charge is 2.27. The predicted molar refractivity (Wildman–Crippen MR) is 103 cm³/mol. The molecule has 146 valence electrons. The van der Waals surface area contributed by atoms with Crippen molar-refractivity contribution in [2.24, 2.45) is 5.10 Å². The lowest BCUT2D eigenvalue weighted by molar-refractivity contribution is -0.384. The Morgan fingerprint density at radius 2 is 1.97 bits per heavy atom. The van der Waals surface area contributed by atoms with Crippen molar-refractivity contribution >= 4 is 17.8 Å². The van der Waals surface area contributed by atoms with Crippen LogP contribution in [0.2, 0.25) is 0 Å². The quantitative estimate of drug-likeness (QED) is 0.404. The molecule has 0 aliphatic carbocycles. The molecule has 4 rings (SSSR count). The number of nitro groups is 1. The van der Waals surface area contributed by atoms with Crippen LogP contribution in [0.5, 0.6) is 11.5 Å². The average molecular weight is 393 g/mol. The van der Waals surface area contributed by atoms with E-state index in [1.54, 1.807) is 42.5 Å². The zero-order valence-corrected chi connectivity index (χ0v) is 15.0. The van der Waals surface area contributed by atoms with Gasteiger partial charge in [0.1, 0.15) is 18.1 Å². The molecule has 1 amide bonds. The normalized spacial score (nSPS) is 15.2. The Hall–Kier alpha value is -4.14. The molecule has 1 aromatic heterocycles. The van der Waals surface area contributed by atoms with Gasteiger partial charge in [0.2, 0.25) is 6.10 Å². The van der Waals surface area contributed by atoms with Gasteiger partial charge in [-0.1, -0.05) is 24.3 Å². The minimum atomic E-state index is -0.820. The highest BCUT2D eigenvalue weighted by Crippen LogP contribution is 2.30. The van der Waals surface area contributed by atoms with E-state index in [1.807, 2.05) is 6.07 Å². The summed E-state index contributed by atoms with van der Waals surface area (Å²) >= 11 is 0. The van der Waals surface area contributed by atoms with Gasteiger partial charge in [0.25, 0.3) is 11.6 Å². The largest absolute Gasteiger partial charge is 0.485 e. The molecule has 1 aliphatic heterocycles. The molecule has 9 nitrogen and oxygen atoms in total. The SMILES string of the molecule is O=C(NN=Cc1ccc(-c2cccc([N+](=O)[O-])c2)o1)C1COc2ccccc2O1. The third-order valence-corrected chi connectivity index (χ3v) is 4.14. The number of para-hydroxylation sites is 2. The Labute approximate surface area is 164 Å². The van der Waals surface area contributed by atoms with Gasteiger partial charge in [-0.2, -0.15) is 5.10 Å². The minimum Gasteiger partial charge on any atom is -0.485 e. The van der Waals surface area contributed by atoms with E-state index in [0.29, 0.717) is 28.6 Å². The molecule has 0 radical (unpaired) electrons. The first-order valence-electron chi connectivity index (χ1n) is 8.66. The maximum Gasteiger partial charge on any atom is 0.284 e. The molecule has 1 atom stereocenters. The number of carbonyl (C=O) groups excluding carboxylic acids is 1. The molecule has 1 unspecified atom stereocenters. The van der Waals surface area contributed by atoms with E-state index in [0.717, 1.165) is 0 Å². The second kappa shape index (κ2) is 7.85. The summed E-state index contributed by atoms with van der Waals surface area (Å²) in [6.45, 7) is 0.0794. The maximum atomic E-state index is 12.2. The molecule has 0 fully saturated rings. The van der Waals surface area contributed by atoms with Crippen LogP contribution >= 0.6 is 0 Å². The number of furan rings is 1. The highest BCUT2D eigenvalue weighted by atomic mass is 16.6. The second-order valence-electron chi connectivity index (χ2n) is 6.11. The summed E-state index contributed by atoms with van der Waals surface area (Å²) in [5, 5.41) is 14.8. The zero-order chi connectivity index (χ0) is 20.2. The maximum absolute atomic E-state index is 12.2. The zero-order valence-electron chi connectivity index (χ0n) is 15.0. The number of nitro benzene ring substituents is 1. The van der Waals surface area contributed by atoms with Gasteiger partial charge in [-0.15, -0.1) is 0 Å². The number of non-ortho nitro benzene ring substituents is 1. The fraction of sp³-hybridized carbons (Fsp3) is 0.100. The molecule has 1 N–H and O–H groups in total. The number of hydrazone groups is 1. The van der Waals surface area contributed by atoms with Gasteiger partial charge in [-0.3, -0.25) is 14.9 Å². The number of nitrogens with one attached hydrogen (secondary N) is 1. The Kier molecular flexibility index (Phi) is 4.93. The number of hydrogen-bond donors (Lipinski definition) is 1. The topological polar surface area (TPSA) is 116 Å². The lowest BCUT2D eigenvalue weighted by Crippen LogP contribution is -2.42. The van der Waals surface area contributed by atoms with Crippen LogP contribution in [-0.4, -0.2) is 29.8 Å². The van der Waals surface area contributed by atoms with Crippen LogP contribution in [-0.2, 0) is 4.79 Å². The Morgan fingerprint density at radius 3 is 2.79 bits per heavy atom. The van der Waals surface area contributed by atoms with E-state index >= 15 is 0 Å². The number of fused-ring (bicyclic) bond motifs is 1. The summed E-state index contributed by atoms with van der Waals surface area (Å²) in [5.41, 5.74) is 2.92. The van der Waals surface area contributed by atoms with Crippen molar-refractivity contribution in [3.05, 3.63) is 76.5 Å². The Balaban J connectivity index is 1.37. The summed E-state index contributed by atoms with van der Waals surface area (Å²) in [6.07, 6.45) is 0.509. The lowest BCUT2D eigenvalue weighted by atomic mass is 10.1. The van der Waals surface area contributed by atoms with Gasteiger partial charge < -0.3 is 13.9 Å². The molecule has 0 spiro atoms. The van der Waals surface area contributed by atoms with Crippen LogP contribution in [0.4, 0.5) is 5.69 Å². The predicted octanol–water partition coefficient (Wildman–Crippen LogP) is 3.14. The van der Waals surface area contributed by atoms with Crippen LogP contribution in [0.15, 0.2) is 70.2 Å². The number of hydrogen-bond acceptors (Lipinski definition) is 7. The van der Waals surface area contributed by atoms with Gasteiger partial charge in [0, 0.05) is 17.7 Å². The van der Waals surface area contributed by atoms with Crippen LogP contribution in [0.25, 0.3) is 11.3 Å². The van der Waals surface area contributed by atoms with E-state index in [4.69, 9.17) is 13.9 Å². The number of amides is 1. The van der Waals surface area contributed by atoms with Gasteiger partial charge in [-0.05, 0) is 24.3 Å². The van der Waals surface area contributed by atoms with Gasteiger partial charge in [0.05, 0.1) is 11.1 Å². The third kappa shape index (κ3) is 4.08. The molecule has 3 aromatic rings. The van der Waals surface area contributed by atoms with Crippen LogP contribution in [0.1, 0.15) is 5.76 Å². The van der Waals surface area contributed by atoms with Gasteiger partial charge in [0.15, 0.2) is 11.5 Å². The molecular formula is C20H15N3O6. The van der Waals surface area contributed by atoms with Crippen LogP contribution in [0, 0.1) is 10.1 Å². The fourth-order valence-corrected chi connectivity index (χ4v) is 2.73. The van der Waals surface area contributed by atoms with Crippen LogP contribution in [0.3, 0.4) is 0 Å². The smallest absolute Gasteiger partial charge is 0.284 e. The molecule has 2 heterocycles. The molecule has 1 aliphatic rings. The van der Waals surface area contributed by atoms with E-state index in [-0.39, 0.29) is 12.3 Å². The van der Waals surface area contributed by atoms with Crippen molar-refractivity contribution in [2.45, 2.75) is 6.10 Å². The van der Waals surface area contributed by atoms with Crippen molar-refractivity contribution in [1.29, 1.82) is 0 Å². The Bertz CT molecular complexity index is 1090. The van der Waals surface area contributed by atoms with E-state index in [9.17, 15) is 14.9 Å². The number of ether oxygens (including phenoxy) is 2. The first kappa shape index (κ1) is 18.2. The molecule has 29 heavy (non-hydrogen) atoms. The monoisotopic (exact) mass is 393 g/mol. The molecule has 2 aromatic carbocycles. The van der Waals surface area contributed by atoms with E-state index in [1.165, 1.54) is 18.3 Å². The average Bonchev–Trinajstić information content (AvgIpc) is 3.22. The fourth-order valence-electron chi connectivity index (χ4n) is 2.73. The van der Waals surface area contributed by atoms with E-state index in [2.05, 4.69) is 10.5 Å². The number of rotatable bonds is 5. The molecule has 0 saturated carbocycles. The van der Waals surface area contributed by atoms with Gasteiger partial charge in [-0.25, -0.2) is 5.43 Å². The lowest BCUT2D eigenvalue weighted by Gasteiger charge is -2.24. The summed E-state index contributed by atoms with van der Waals surface area (Å²) in [5.74, 6) is 1.45. The first-order valence-corrected chi connectivity index (χ1v) is 8.66. The first-order chi connectivity index (χ1) is 14.1. The van der Waals surface area contributed by atoms with Crippen LogP contribution < -0.4 is 14.9 Å². The molecular weight excluding hydrogens is 378 g/mol. The molecule has 0 saturated heterocycles. The summed E-state index contributed by atoms with van der Waals surface area (Å²) in [6, 6.07) is 16.5. The highest BCUT2D eigenvalue weighted by molar-refractivity contribution is 5.84. The number of benzene rings is 2. The van der Waals surface area contributed by atoms with Crippen molar-refractivity contribution in [2.75, 3.05) is 6.61 Å². The summed E-state index contributed by atoms with van der Waals surface area (Å²) in [7, 11) is 0. The van der Waals surface area contributed by atoms with Crippen molar-refractivity contribution in [3.63, 3.8) is 0 Å². The van der Waals surface area contributed by atoms with Crippen molar-refractivity contribution in [1.82, 2.24) is 5.43 Å². The third-order valence-electron chi connectivity index (χ3n) is 4.14. The van der Waals surface area contributed by atoms with E-state index < -0.39 is 16.9 Å². The standard InChI is InChI=1S/C20H15N3O6/c24-20(19-12-27-17-6-1-2-7-18(17)29-19)22-21-11-15-8-9-16(28-15)13-4-3-5-14(10-13)23(25)26/h1-11,19H,12H2,(H,22,24). The summed E-state index contributed by atoms with van der Waals surface area (Å²) in [4.78, 5) is 22.6. The number of nitrogens with zero attached hydrogens (tertiary/aromatic N) is 2. The van der Waals surface area contributed by atoms with Crippen molar-refractivity contribution in [3.8, 4) is 22.8 Å².